The van der Waals surface area contributed by atoms with Gasteiger partial charge in [0, 0.05) is 29.4 Å². The van der Waals surface area contributed by atoms with E-state index in [2.05, 4.69) is 4.98 Å². The fourth-order valence-electron chi connectivity index (χ4n) is 2.77. The lowest BCUT2D eigenvalue weighted by molar-refractivity contribution is -0.140. The Hall–Kier alpha value is -1.67. The molecule has 9 heteroatoms. The Kier molecular flexibility index (Phi) is 5.02. The third-order valence-electron chi connectivity index (χ3n) is 4.10. The zero-order chi connectivity index (χ0) is 18.2. The predicted octanol–water partition coefficient (Wildman–Crippen LogP) is 4.97. The number of aromatic nitrogens is 1. The normalized spacial score (nSPS) is 16.3. The van der Waals surface area contributed by atoms with E-state index in [1.54, 1.807) is 0 Å². The summed E-state index contributed by atoms with van der Waals surface area (Å²) in [6, 6.07) is 3.78. The maximum Gasteiger partial charge on any atom is 0.434 e. The minimum atomic E-state index is -4.45. The average molecular weight is 393 g/mol. The Morgan fingerprint density at radius 3 is 2.56 bits per heavy atom. The number of likely N-dealkylation sites (tertiary alicyclic amines) is 1. The highest BCUT2D eigenvalue weighted by atomic mass is 35.5. The maximum absolute atomic E-state index is 13.8. The number of thiazole rings is 1. The molecule has 2 heterocycles. The molecule has 2 aromatic rings. The Bertz CT molecular complexity index is 785. The van der Waals surface area contributed by atoms with E-state index < -0.39 is 23.6 Å². The first-order valence-corrected chi connectivity index (χ1v) is 8.78. The van der Waals surface area contributed by atoms with Crippen molar-refractivity contribution in [1.29, 1.82) is 0 Å². The van der Waals surface area contributed by atoms with E-state index in [9.17, 15) is 22.4 Å². The van der Waals surface area contributed by atoms with Gasteiger partial charge < -0.3 is 4.90 Å². The molecular formula is C16H13ClF4N2OS. The van der Waals surface area contributed by atoms with Crippen molar-refractivity contribution in [2.24, 2.45) is 0 Å². The minimum absolute atomic E-state index is 0.0976. The fraction of sp³-hybridized carbons (Fsp3) is 0.375. The standard InChI is InChI=1S/C16H13ClF4N2OS/c17-10-1-2-12(18)11(7-10)15(24)23-5-3-9(4-6-23)14-22-13(8-25-14)16(19,20)21/h1-2,7-9H,3-6H2. The number of hydrogen-bond donors (Lipinski definition) is 0. The van der Waals surface area contributed by atoms with E-state index in [0.717, 1.165) is 22.8 Å². The van der Waals surface area contributed by atoms with Crippen molar-refractivity contribution in [2.75, 3.05) is 13.1 Å². The molecule has 0 spiro atoms. The molecule has 0 aliphatic carbocycles. The van der Waals surface area contributed by atoms with E-state index >= 15 is 0 Å². The van der Waals surface area contributed by atoms with Gasteiger partial charge in [-0.25, -0.2) is 9.37 Å². The zero-order valence-electron chi connectivity index (χ0n) is 12.8. The van der Waals surface area contributed by atoms with Crippen molar-refractivity contribution in [3.8, 4) is 0 Å². The fourth-order valence-corrected chi connectivity index (χ4v) is 3.94. The van der Waals surface area contributed by atoms with Gasteiger partial charge in [-0.1, -0.05) is 11.6 Å². The molecule has 0 N–H and O–H groups in total. The molecule has 0 radical (unpaired) electrons. The third-order valence-corrected chi connectivity index (χ3v) is 5.34. The van der Waals surface area contributed by atoms with E-state index in [1.165, 1.54) is 17.0 Å². The van der Waals surface area contributed by atoms with Crippen LogP contribution in [0, 0.1) is 5.82 Å². The largest absolute Gasteiger partial charge is 0.434 e. The molecule has 0 bridgehead atoms. The Morgan fingerprint density at radius 2 is 1.96 bits per heavy atom. The van der Waals surface area contributed by atoms with Crippen LogP contribution in [0.2, 0.25) is 5.02 Å². The van der Waals surface area contributed by atoms with Gasteiger partial charge >= 0.3 is 6.18 Å². The lowest BCUT2D eigenvalue weighted by Crippen LogP contribution is -2.38. The van der Waals surface area contributed by atoms with Crippen molar-refractivity contribution in [2.45, 2.75) is 24.9 Å². The molecule has 1 fully saturated rings. The quantitative estimate of drug-likeness (QED) is 0.676. The van der Waals surface area contributed by atoms with Crippen molar-refractivity contribution in [1.82, 2.24) is 9.88 Å². The molecule has 3 nitrogen and oxygen atoms in total. The highest BCUT2D eigenvalue weighted by Crippen LogP contribution is 2.35. The van der Waals surface area contributed by atoms with Gasteiger partial charge in [0.15, 0.2) is 5.69 Å². The first-order chi connectivity index (χ1) is 11.8. The molecule has 1 aromatic heterocycles. The number of benzene rings is 1. The van der Waals surface area contributed by atoms with E-state index in [4.69, 9.17) is 11.6 Å². The summed E-state index contributed by atoms with van der Waals surface area (Å²) >= 11 is 6.79. The van der Waals surface area contributed by atoms with Gasteiger partial charge in [0.2, 0.25) is 0 Å². The second kappa shape index (κ2) is 6.92. The van der Waals surface area contributed by atoms with Crippen LogP contribution in [0.1, 0.15) is 39.8 Å². The number of amides is 1. The third kappa shape index (κ3) is 3.95. The van der Waals surface area contributed by atoms with Crippen LogP contribution in [-0.2, 0) is 6.18 Å². The first-order valence-electron chi connectivity index (χ1n) is 7.52. The highest BCUT2D eigenvalue weighted by molar-refractivity contribution is 7.09. The lowest BCUT2D eigenvalue weighted by Gasteiger charge is -2.31. The molecule has 0 unspecified atom stereocenters. The minimum Gasteiger partial charge on any atom is -0.339 e. The van der Waals surface area contributed by atoms with Crippen LogP contribution >= 0.6 is 22.9 Å². The Labute approximate surface area is 150 Å². The maximum atomic E-state index is 13.8. The van der Waals surface area contributed by atoms with Gasteiger partial charge in [0.1, 0.15) is 5.82 Å². The highest BCUT2D eigenvalue weighted by Gasteiger charge is 2.35. The summed E-state index contributed by atoms with van der Waals surface area (Å²) in [6.07, 6.45) is -3.48. The Balaban J connectivity index is 1.66. The van der Waals surface area contributed by atoms with Crippen LogP contribution in [0.15, 0.2) is 23.6 Å². The van der Waals surface area contributed by atoms with E-state index in [1.807, 2.05) is 0 Å². The van der Waals surface area contributed by atoms with E-state index in [0.29, 0.717) is 30.9 Å². The molecule has 0 saturated carbocycles. The number of rotatable bonds is 2. The van der Waals surface area contributed by atoms with Crippen LogP contribution in [0.3, 0.4) is 0 Å². The van der Waals surface area contributed by atoms with Crippen LogP contribution < -0.4 is 0 Å². The topological polar surface area (TPSA) is 33.2 Å². The van der Waals surface area contributed by atoms with Gasteiger partial charge in [0.25, 0.3) is 5.91 Å². The van der Waals surface area contributed by atoms with Crippen molar-refractivity contribution < 1.29 is 22.4 Å². The SMILES string of the molecule is O=C(c1cc(Cl)ccc1F)N1CCC(c2nc(C(F)(F)F)cs2)CC1. The summed E-state index contributed by atoms with van der Waals surface area (Å²) in [5.41, 5.74) is -0.980. The lowest BCUT2D eigenvalue weighted by atomic mass is 9.97. The van der Waals surface area contributed by atoms with Crippen LogP contribution in [0.25, 0.3) is 0 Å². The first kappa shape index (κ1) is 18.1. The summed E-state index contributed by atoms with van der Waals surface area (Å²) < 4.78 is 51.7. The second-order valence-corrected chi connectivity index (χ2v) is 7.09. The number of hydrogen-bond acceptors (Lipinski definition) is 3. The van der Waals surface area contributed by atoms with Crippen LogP contribution in [-0.4, -0.2) is 28.9 Å². The van der Waals surface area contributed by atoms with Crippen molar-refractivity contribution in [3.63, 3.8) is 0 Å². The summed E-state index contributed by atoms with van der Waals surface area (Å²) in [5, 5.41) is 1.70. The predicted molar refractivity (Wildman–Crippen MR) is 86.4 cm³/mol. The summed E-state index contributed by atoms with van der Waals surface area (Å²) in [5.74, 6) is -1.24. The number of nitrogens with zero attached hydrogens (tertiary/aromatic N) is 2. The number of halogens is 5. The Morgan fingerprint density at radius 1 is 1.28 bits per heavy atom. The van der Waals surface area contributed by atoms with Gasteiger partial charge in [-0.2, -0.15) is 13.2 Å². The van der Waals surface area contributed by atoms with Gasteiger partial charge in [-0.05, 0) is 31.0 Å². The van der Waals surface area contributed by atoms with Crippen molar-refractivity contribution >= 4 is 28.8 Å². The van der Waals surface area contributed by atoms with Gasteiger partial charge in [-0.3, -0.25) is 4.79 Å². The smallest absolute Gasteiger partial charge is 0.339 e. The number of carbonyl (C=O) groups is 1. The molecule has 0 atom stereocenters. The number of alkyl halides is 3. The zero-order valence-corrected chi connectivity index (χ0v) is 14.4. The molecule has 1 aliphatic rings. The second-order valence-electron chi connectivity index (χ2n) is 5.76. The molecule has 3 rings (SSSR count). The van der Waals surface area contributed by atoms with Gasteiger partial charge in [0.05, 0.1) is 10.6 Å². The van der Waals surface area contributed by atoms with Crippen molar-refractivity contribution in [3.05, 3.63) is 50.7 Å². The molecule has 1 aromatic carbocycles. The average Bonchev–Trinajstić information content (AvgIpc) is 3.07. The molecule has 1 aliphatic heterocycles. The van der Waals surface area contributed by atoms with Crippen LogP contribution in [0.5, 0.6) is 0 Å². The molecule has 134 valence electrons. The number of piperidine rings is 1. The van der Waals surface area contributed by atoms with E-state index in [-0.39, 0.29) is 16.5 Å². The number of carbonyl (C=O) groups excluding carboxylic acids is 1. The molecule has 25 heavy (non-hydrogen) atoms. The molecular weight excluding hydrogens is 380 g/mol. The summed E-state index contributed by atoms with van der Waals surface area (Å²) in [4.78, 5) is 17.6. The van der Waals surface area contributed by atoms with Gasteiger partial charge in [-0.15, -0.1) is 11.3 Å². The summed E-state index contributed by atoms with van der Waals surface area (Å²) in [7, 11) is 0. The van der Waals surface area contributed by atoms with Crippen LogP contribution in [0.4, 0.5) is 17.6 Å². The molecule has 1 amide bonds. The monoisotopic (exact) mass is 392 g/mol. The summed E-state index contributed by atoms with van der Waals surface area (Å²) in [6.45, 7) is 0.659. The molecule has 1 saturated heterocycles.